The smallest absolute Gasteiger partial charge is 0.138 e. The van der Waals surface area contributed by atoms with Crippen molar-refractivity contribution in [2.75, 3.05) is 6.54 Å². The average Bonchev–Trinajstić information content (AvgIpc) is 2.90. The lowest BCUT2D eigenvalue weighted by molar-refractivity contribution is 0.310. The summed E-state index contributed by atoms with van der Waals surface area (Å²) in [6.07, 6.45) is 0. The third-order valence-electron chi connectivity index (χ3n) is 2.83. The van der Waals surface area contributed by atoms with E-state index in [1.54, 1.807) is 11.3 Å². The van der Waals surface area contributed by atoms with Gasteiger partial charge < -0.3 is 10.1 Å². The standard InChI is InChI=1S/C16H20ClNOS/c1-12(2)9-18-10-13-5-6-16(15(17)8-13)19-11-14-4-3-7-20-14/h3-8,12,18H,9-11H2,1-2H3. The molecule has 0 amide bonds. The number of ether oxygens (including phenoxy) is 1. The van der Waals surface area contributed by atoms with Crippen molar-refractivity contribution < 1.29 is 4.74 Å². The van der Waals surface area contributed by atoms with E-state index in [2.05, 4.69) is 31.3 Å². The van der Waals surface area contributed by atoms with E-state index in [0.29, 0.717) is 17.5 Å². The van der Waals surface area contributed by atoms with Crippen molar-refractivity contribution >= 4 is 22.9 Å². The van der Waals surface area contributed by atoms with E-state index in [0.717, 1.165) is 18.8 Å². The maximum absolute atomic E-state index is 6.26. The number of hydrogen-bond acceptors (Lipinski definition) is 3. The molecule has 0 aliphatic rings. The lowest BCUT2D eigenvalue weighted by atomic mass is 10.2. The topological polar surface area (TPSA) is 21.3 Å². The molecule has 2 aromatic rings. The van der Waals surface area contributed by atoms with Crippen LogP contribution in [0.3, 0.4) is 0 Å². The van der Waals surface area contributed by atoms with Gasteiger partial charge in [0.25, 0.3) is 0 Å². The van der Waals surface area contributed by atoms with Crippen LogP contribution in [0.5, 0.6) is 5.75 Å². The molecule has 4 heteroatoms. The Bertz CT molecular complexity index is 525. The van der Waals surface area contributed by atoms with E-state index >= 15 is 0 Å². The molecule has 1 N–H and O–H groups in total. The first-order chi connectivity index (χ1) is 9.65. The van der Waals surface area contributed by atoms with Crippen LogP contribution in [0.1, 0.15) is 24.3 Å². The van der Waals surface area contributed by atoms with Gasteiger partial charge in [-0.15, -0.1) is 11.3 Å². The van der Waals surface area contributed by atoms with Crippen molar-refractivity contribution in [3.05, 3.63) is 51.2 Å². The summed E-state index contributed by atoms with van der Waals surface area (Å²) in [5.41, 5.74) is 1.18. The first-order valence-electron chi connectivity index (χ1n) is 6.79. The zero-order valence-electron chi connectivity index (χ0n) is 11.9. The first-order valence-corrected chi connectivity index (χ1v) is 8.05. The van der Waals surface area contributed by atoms with Crippen molar-refractivity contribution in [2.24, 2.45) is 5.92 Å². The number of nitrogens with one attached hydrogen (secondary N) is 1. The van der Waals surface area contributed by atoms with Gasteiger partial charge >= 0.3 is 0 Å². The summed E-state index contributed by atoms with van der Waals surface area (Å²) in [4.78, 5) is 1.20. The zero-order chi connectivity index (χ0) is 14.4. The molecule has 0 atom stereocenters. The number of rotatable bonds is 7. The SMILES string of the molecule is CC(C)CNCc1ccc(OCc2cccs2)c(Cl)c1. The average molecular weight is 310 g/mol. The van der Waals surface area contributed by atoms with Crippen molar-refractivity contribution in [1.82, 2.24) is 5.32 Å². The molecule has 0 bridgehead atoms. The summed E-state index contributed by atoms with van der Waals surface area (Å²) < 4.78 is 5.74. The second-order valence-corrected chi connectivity index (χ2v) is 6.60. The quantitative estimate of drug-likeness (QED) is 0.798. The Morgan fingerprint density at radius 2 is 2.15 bits per heavy atom. The molecule has 0 saturated carbocycles. The Morgan fingerprint density at radius 3 is 2.80 bits per heavy atom. The predicted molar refractivity (Wildman–Crippen MR) is 86.6 cm³/mol. The normalized spacial score (nSPS) is 11.0. The molecule has 2 nitrogen and oxygen atoms in total. The highest BCUT2D eigenvalue weighted by atomic mass is 35.5. The van der Waals surface area contributed by atoms with E-state index in [1.165, 1.54) is 10.4 Å². The summed E-state index contributed by atoms with van der Waals surface area (Å²) in [6.45, 7) is 6.81. The van der Waals surface area contributed by atoms with Crippen LogP contribution in [0, 0.1) is 5.92 Å². The molecular weight excluding hydrogens is 290 g/mol. The molecule has 2 rings (SSSR count). The maximum Gasteiger partial charge on any atom is 0.138 e. The van der Waals surface area contributed by atoms with Crippen molar-refractivity contribution in [2.45, 2.75) is 27.0 Å². The van der Waals surface area contributed by atoms with Gasteiger partial charge in [-0.3, -0.25) is 0 Å². The van der Waals surface area contributed by atoms with Crippen LogP contribution < -0.4 is 10.1 Å². The van der Waals surface area contributed by atoms with E-state index in [9.17, 15) is 0 Å². The molecule has 0 saturated heterocycles. The second kappa shape index (κ2) is 7.67. The largest absolute Gasteiger partial charge is 0.487 e. The lowest BCUT2D eigenvalue weighted by Gasteiger charge is -2.10. The molecule has 1 aromatic heterocycles. The zero-order valence-corrected chi connectivity index (χ0v) is 13.4. The fourth-order valence-corrected chi connectivity index (χ4v) is 2.69. The molecule has 0 spiro atoms. The van der Waals surface area contributed by atoms with Gasteiger partial charge in [-0.1, -0.05) is 37.6 Å². The predicted octanol–water partition coefficient (Wildman–Crippen LogP) is 4.73. The minimum Gasteiger partial charge on any atom is -0.487 e. The molecule has 1 heterocycles. The van der Waals surface area contributed by atoms with Gasteiger partial charge in [0.2, 0.25) is 0 Å². The van der Waals surface area contributed by atoms with Crippen molar-refractivity contribution in [3.63, 3.8) is 0 Å². The van der Waals surface area contributed by atoms with E-state index in [1.807, 2.05) is 23.6 Å². The Morgan fingerprint density at radius 1 is 1.30 bits per heavy atom. The number of benzene rings is 1. The summed E-state index contributed by atoms with van der Waals surface area (Å²) in [6, 6.07) is 10.1. The van der Waals surface area contributed by atoms with Gasteiger partial charge in [0, 0.05) is 11.4 Å². The van der Waals surface area contributed by atoms with Crippen molar-refractivity contribution in [3.8, 4) is 5.75 Å². The Hall–Kier alpha value is -1.03. The van der Waals surface area contributed by atoms with E-state index in [-0.39, 0.29) is 0 Å². The molecule has 0 unspecified atom stereocenters. The lowest BCUT2D eigenvalue weighted by Crippen LogP contribution is -2.18. The molecule has 20 heavy (non-hydrogen) atoms. The van der Waals surface area contributed by atoms with E-state index in [4.69, 9.17) is 16.3 Å². The van der Waals surface area contributed by atoms with Crippen LogP contribution >= 0.6 is 22.9 Å². The third-order valence-corrected chi connectivity index (χ3v) is 3.97. The number of hydrogen-bond donors (Lipinski definition) is 1. The molecular formula is C16H20ClNOS. The molecule has 0 aliphatic carbocycles. The second-order valence-electron chi connectivity index (χ2n) is 5.16. The minimum absolute atomic E-state index is 0.572. The molecule has 0 radical (unpaired) electrons. The molecule has 108 valence electrons. The fraction of sp³-hybridized carbons (Fsp3) is 0.375. The Labute approximate surface area is 129 Å². The summed E-state index contributed by atoms with van der Waals surface area (Å²) in [5, 5.41) is 6.12. The Balaban J connectivity index is 1.88. The van der Waals surface area contributed by atoms with Crippen LogP contribution in [-0.2, 0) is 13.2 Å². The van der Waals surface area contributed by atoms with Crippen molar-refractivity contribution in [1.29, 1.82) is 0 Å². The molecule has 1 aromatic carbocycles. The number of halogens is 1. The highest BCUT2D eigenvalue weighted by Gasteiger charge is 2.04. The minimum atomic E-state index is 0.572. The summed E-state index contributed by atoms with van der Waals surface area (Å²) in [7, 11) is 0. The van der Waals surface area contributed by atoms with Crippen LogP contribution in [0.25, 0.3) is 0 Å². The van der Waals surface area contributed by atoms with Gasteiger partial charge in [-0.2, -0.15) is 0 Å². The monoisotopic (exact) mass is 309 g/mol. The van der Waals surface area contributed by atoms with E-state index < -0.39 is 0 Å². The highest BCUT2D eigenvalue weighted by Crippen LogP contribution is 2.26. The first kappa shape index (κ1) is 15.4. The maximum atomic E-state index is 6.26. The summed E-state index contributed by atoms with van der Waals surface area (Å²) in [5.74, 6) is 1.39. The van der Waals surface area contributed by atoms with Crippen LogP contribution in [0.4, 0.5) is 0 Å². The fourth-order valence-electron chi connectivity index (χ4n) is 1.82. The molecule has 0 aliphatic heterocycles. The van der Waals surface area contributed by atoms with Gasteiger partial charge in [-0.25, -0.2) is 0 Å². The third kappa shape index (κ3) is 4.82. The Kier molecular flexibility index (Phi) is 5.89. The van der Waals surface area contributed by atoms with Crippen LogP contribution in [0.2, 0.25) is 5.02 Å². The summed E-state index contributed by atoms with van der Waals surface area (Å²) >= 11 is 7.95. The van der Waals surface area contributed by atoms with Crippen LogP contribution in [-0.4, -0.2) is 6.54 Å². The molecule has 0 fully saturated rings. The van der Waals surface area contributed by atoms with Gasteiger partial charge in [0.05, 0.1) is 5.02 Å². The van der Waals surface area contributed by atoms with Gasteiger partial charge in [0.15, 0.2) is 0 Å². The van der Waals surface area contributed by atoms with Gasteiger partial charge in [0.1, 0.15) is 12.4 Å². The van der Waals surface area contributed by atoms with Gasteiger partial charge in [-0.05, 0) is 41.6 Å². The van der Waals surface area contributed by atoms with Crippen LogP contribution in [0.15, 0.2) is 35.7 Å². The highest BCUT2D eigenvalue weighted by molar-refractivity contribution is 7.09. The number of thiophene rings is 1.